The topological polar surface area (TPSA) is 101 Å². The maximum atomic E-state index is 13.3. The first-order valence-corrected chi connectivity index (χ1v) is 17.9. The summed E-state index contributed by atoms with van der Waals surface area (Å²) in [4.78, 5) is 37.4. The minimum absolute atomic E-state index is 0.0613. The van der Waals surface area contributed by atoms with Gasteiger partial charge in [-0.2, -0.15) is 0 Å². The van der Waals surface area contributed by atoms with Crippen LogP contribution in [0.25, 0.3) is 0 Å². The lowest BCUT2D eigenvalue weighted by Gasteiger charge is -2.72. The first-order chi connectivity index (χ1) is 21.5. The van der Waals surface area contributed by atoms with Crippen molar-refractivity contribution in [3.8, 4) is 0 Å². The van der Waals surface area contributed by atoms with Crippen molar-refractivity contribution in [2.75, 3.05) is 0 Å². The minimum atomic E-state index is -0.885. The predicted octanol–water partition coefficient (Wildman–Crippen LogP) is 8.51. The molecule has 0 saturated heterocycles. The van der Waals surface area contributed by atoms with Gasteiger partial charge >= 0.3 is 17.9 Å². The second-order valence-corrected chi connectivity index (χ2v) is 17.6. The third-order valence-electron chi connectivity index (χ3n) is 15.4. The van der Waals surface area contributed by atoms with E-state index in [0.717, 1.165) is 69.8 Å². The van der Waals surface area contributed by atoms with E-state index < -0.39 is 17.4 Å². The second-order valence-electron chi connectivity index (χ2n) is 17.6. The number of fused-ring (bicyclic) bond motifs is 7. The Kier molecular flexibility index (Phi) is 8.12. The zero-order valence-corrected chi connectivity index (χ0v) is 29.0. The molecule has 6 nitrogen and oxygen atoms in total. The highest BCUT2D eigenvalue weighted by molar-refractivity contribution is 5.76. The molecule has 0 radical (unpaired) electrons. The summed E-state index contributed by atoms with van der Waals surface area (Å²) in [5, 5.41) is 19.8. The van der Waals surface area contributed by atoms with Crippen LogP contribution in [0.4, 0.5) is 0 Å². The third kappa shape index (κ3) is 4.81. The van der Waals surface area contributed by atoms with Crippen molar-refractivity contribution >= 4 is 17.9 Å². The lowest BCUT2D eigenvalue weighted by molar-refractivity contribution is -0.250. The minimum Gasteiger partial charge on any atom is -0.481 e. The maximum Gasteiger partial charge on any atom is 0.310 e. The van der Waals surface area contributed by atoms with Crippen LogP contribution < -0.4 is 0 Å². The fraction of sp³-hybridized carbons (Fsp3) is 0.725. The van der Waals surface area contributed by atoms with Crippen LogP contribution in [-0.2, 0) is 32.0 Å². The zero-order chi connectivity index (χ0) is 33.4. The molecule has 0 aromatic heterocycles. The van der Waals surface area contributed by atoms with Crippen molar-refractivity contribution in [2.45, 2.75) is 125 Å². The smallest absolute Gasteiger partial charge is 0.310 e. The van der Waals surface area contributed by atoms with Gasteiger partial charge in [0.05, 0.1) is 18.3 Å². The molecule has 1 aromatic carbocycles. The number of benzene rings is 1. The summed E-state index contributed by atoms with van der Waals surface area (Å²) in [7, 11) is 0. The zero-order valence-electron chi connectivity index (χ0n) is 29.0. The van der Waals surface area contributed by atoms with Gasteiger partial charge in [-0.3, -0.25) is 14.4 Å². The van der Waals surface area contributed by atoms with Gasteiger partial charge < -0.3 is 14.9 Å². The number of hydrogen-bond donors (Lipinski definition) is 2. The van der Waals surface area contributed by atoms with Crippen LogP contribution in [0.3, 0.4) is 0 Å². The lowest BCUT2D eigenvalue weighted by atomic mass is 9.32. The van der Waals surface area contributed by atoms with Gasteiger partial charge in [-0.25, -0.2) is 0 Å². The molecule has 5 fully saturated rings. The lowest BCUT2D eigenvalue weighted by Crippen LogP contribution is -2.67. The number of allylic oxidation sites excluding steroid dienone is 1. The molecule has 0 spiro atoms. The van der Waals surface area contributed by atoms with Crippen molar-refractivity contribution in [1.82, 2.24) is 0 Å². The molecular weight excluding hydrogens is 576 g/mol. The number of carbonyl (C=O) groups is 3. The predicted molar refractivity (Wildman–Crippen MR) is 178 cm³/mol. The van der Waals surface area contributed by atoms with Crippen molar-refractivity contribution in [1.29, 1.82) is 0 Å². The van der Waals surface area contributed by atoms with Crippen molar-refractivity contribution in [3.63, 3.8) is 0 Å². The van der Waals surface area contributed by atoms with E-state index in [1.165, 1.54) is 5.57 Å². The van der Waals surface area contributed by atoms with Crippen LogP contribution in [0.15, 0.2) is 36.4 Å². The molecule has 5 aliphatic rings. The molecule has 6 rings (SSSR count). The first-order valence-electron chi connectivity index (χ1n) is 17.9. The van der Waals surface area contributed by atoms with Gasteiger partial charge in [0.25, 0.3) is 0 Å². The molecule has 0 unspecified atom stereocenters. The number of carboxylic acids is 2. The van der Waals surface area contributed by atoms with Crippen LogP contribution in [0.5, 0.6) is 0 Å². The highest BCUT2D eigenvalue weighted by atomic mass is 16.5. The Morgan fingerprint density at radius 1 is 0.826 bits per heavy atom. The molecule has 0 aliphatic heterocycles. The van der Waals surface area contributed by atoms with Gasteiger partial charge in [-0.05, 0) is 128 Å². The van der Waals surface area contributed by atoms with Crippen molar-refractivity contribution in [2.24, 2.45) is 56.7 Å². The van der Waals surface area contributed by atoms with Gasteiger partial charge in [0, 0.05) is 5.41 Å². The SMILES string of the molecule is C=C(C)[C@@H]1CC[C@]2(C(=O)O)CC[C@]3(C)[C@H](CC[C@@H]4[C@@]5(C)CC[C@H](OC(=O)Cc6cccc(CC(=O)O)c6)C(C)(C)[C@@H]5CC[C@]43C)[C@@H]12. The fourth-order valence-electron chi connectivity index (χ4n) is 13.1. The standard InChI is InChI=1S/C40H56O6/c1-24(2)27-13-18-40(35(44)45)20-19-38(6)28(34(27)40)11-12-30-37(5)16-15-31(36(3,4)29(37)14-17-39(30,38)7)46-33(43)23-26-10-8-9-25(21-26)22-32(41)42/h8-10,21,27-31,34H,1,11-20,22-23H2,2-7H3,(H,41,42)(H,44,45)/t27-,28+,29-,30+,31-,34+,37-,38+,39+,40-/m0/s1. The molecular formula is C40H56O6. The van der Waals surface area contributed by atoms with Crippen LogP contribution in [0, 0.1) is 56.7 Å². The molecule has 5 aliphatic carbocycles. The molecule has 252 valence electrons. The quantitative estimate of drug-likeness (QED) is 0.231. The average Bonchev–Trinajstić information content (AvgIpc) is 3.36. The second kappa shape index (κ2) is 11.2. The maximum absolute atomic E-state index is 13.3. The number of ether oxygens (including phenoxy) is 1. The van der Waals surface area contributed by atoms with Gasteiger partial charge in [0.1, 0.15) is 6.10 Å². The number of esters is 1. The van der Waals surface area contributed by atoms with Crippen LogP contribution >= 0.6 is 0 Å². The van der Waals surface area contributed by atoms with Crippen molar-refractivity contribution in [3.05, 3.63) is 47.5 Å². The third-order valence-corrected chi connectivity index (χ3v) is 15.4. The Labute approximate surface area is 275 Å². The van der Waals surface area contributed by atoms with E-state index >= 15 is 0 Å². The summed E-state index contributed by atoms with van der Waals surface area (Å²) in [5.41, 5.74) is 2.23. The van der Waals surface area contributed by atoms with E-state index in [1.54, 1.807) is 12.1 Å². The van der Waals surface area contributed by atoms with Crippen LogP contribution in [0.1, 0.15) is 117 Å². The van der Waals surface area contributed by atoms with E-state index in [0.29, 0.717) is 29.2 Å². The van der Waals surface area contributed by atoms with E-state index in [4.69, 9.17) is 9.84 Å². The summed E-state index contributed by atoms with van der Waals surface area (Å²) in [6, 6.07) is 7.25. The van der Waals surface area contributed by atoms with E-state index in [1.807, 2.05) is 12.1 Å². The number of rotatable bonds is 7. The molecule has 1 aromatic rings. The summed E-state index contributed by atoms with van der Waals surface area (Å²) in [5.74, 6) is 0.170. The Morgan fingerprint density at radius 2 is 1.52 bits per heavy atom. The van der Waals surface area contributed by atoms with Crippen LogP contribution in [-0.4, -0.2) is 34.2 Å². The molecule has 6 heteroatoms. The Bertz CT molecular complexity index is 1430. The Morgan fingerprint density at radius 3 is 2.17 bits per heavy atom. The highest BCUT2D eigenvalue weighted by Gasteiger charge is 2.72. The first kappa shape index (κ1) is 33.3. The van der Waals surface area contributed by atoms with Gasteiger partial charge in [0.2, 0.25) is 0 Å². The summed E-state index contributed by atoms with van der Waals surface area (Å²) in [6.07, 6.45) is 9.82. The highest BCUT2D eigenvalue weighted by Crippen LogP contribution is 2.77. The molecule has 0 amide bonds. The molecule has 0 bridgehead atoms. The van der Waals surface area contributed by atoms with Gasteiger partial charge in [-0.15, -0.1) is 0 Å². The normalized spacial score (nSPS) is 42.5. The molecule has 2 N–H and O–H groups in total. The van der Waals surface area contributed by atoms with Gasteiger partial charge in [-0.1, -0.05) is 71.0 Å². The Balaban J connectivity index is 1.22. The van der Waals surface area contributed by atoms with Crippen molar-refractivity contribution < 1.29 is 29.3 Å². The Hall–Kier alpha value is -2.63. The van der Waals surface area contributed by atoms with Gasteiger partial charge in [0.15, 0.2) is 0 Å². The van der Waals surface area contributed by atoms with E-state index in [9.17, 15) is 19.5 Å². The van der Waals surface area contributed by atoms with E-state index in [2.05, 4.69) is 48.1 Å². The molecule has 46 heavy (non-hydrogen) atoms. The monoisotopic (exact) mass is 632 g/mol. The van der Waals surface area contributed by atoms with Crippen LogP contribution in [0.2, 0.25) is 0 Å². The molecule has 10 atom stereocenters. The fourth-order valence-corrected chi connectivity index (χ4v) is 13.1. The van der Waals surface area contributed by atoms with E-state index in [-0.39, 0.29) is 52.5 Å². The number of carbonyl (C=O) groups excluding carboxylic acids is 1. The number of carboxylic acid groups (broad SMARTS) is 2. The average molecular weight is 633 g/mol. The molecule has 5 saturated carbocycles. The molecule has 0 heterocycles. The number of aliphatic carboxylic acids is 2. The summed E-state index contributed by atoms with van der Waals surface area (Å²) in [6.45, 7) is 18.8. The largest absolute Gasteiger partial charge is 0.481 e. The summed E-state index contributed by atoms with van der Waals surface area (Å²) >= 11 is 0. The number of hydrogen-bond acceptors (Lipinski definition) is 4. The summed E-state index contributed by atoms with van der Waals surface area (Å²) < 4.78 is 6.29.